The molecule has 4 N–H and O–H groups in total. The number of allylic oxidation sites excluding steroid dienone is 2. The van der Waals surface area contributed by atoms with Crippen molar-refractivity contribution in [3.8, 4) is 0 Å². The van der Waals surface area contributed by atoms with Crippen molar-refractivity contribution in [2.24, 2.45) is 56.7 Å². The molecule has 1 aromatic rings. The fourth-order valence-electron chi connectivity index (χ4n) is 12.8. The van der Waals surface area contributed by atoms with Crippen molar-refractivity contribution < 1.29 is 24.9 Å². The Hall–Kier alpha value is -2.44. The molecule has 0 amide bonds. The van der Waals surface area contributed by atoms with Crippen molar-refractivity contribution in [1.29, 1.82) is 0 Å². The van der Waals surface area contributed by atoms with Crippen molar-refractivity contribution in [3.63, 3.8) is 0 Å². The van der Waals surface area contributed by atoms with Gasteiger partial charge in [-0.3, -0.25) is 4.79 Å². The molecule has 0 spiro atoms. The predicted molar refractivity (Wildman–Crippen MR) is 178 cm³/mol. The summed E-state index contributed by atoms with van der Waals surface area (Å²) < 4.78 is 0. The number of hydrogen-bond donors (Lipinski definition) is 4. The molecule has 0 unspecified atom stereocenters. The van der Waals surface area contributed by atoms with Crippen LogP contribution >= 0.6 is 0 Å². The van der Waals surface area contributed by atoms with E-state index in [1.807, 2.05) is 12.1 Å². The Balaban J connectivity index is 1.34. The summed E-state index contributed by atoms with van der Waals surface area (Å²) in [6.45, 7) is 18.3. The van der Waals surface area contributed by atoms with Gasteiger partial charge in [0.15, 0.2) is 0 Å². The Morgan fingerprint density at radius 3 is 2.24 bits per heavy atom. The average Bonchev–Trinajstić information content (AvgIpc) is 3.39. The number of benzene rings is 1. The quantitative estimate of drug-likeness (QED) is 0.176. The van der Waals surface area contributed by atoms with Crippen LogP contribution in [0, 0.1) is 56.7 Å². The smallest absolute Gasteiger partial charge is 0.335 e. The number of hydrogen-bond acceptors (Lipinski definition) is 4. The van der Waals surface area contributed by atoms with Gasteiger partial charge in [-0.05, 0) is 132 Å². The normalized spacial score (nSPS) is 41.6. The molecule has 246 valence electrons. The molecule has 6 heteroatoms. The van der Waals surface area contributed by atoms with E-state index < -0.39 is 17.4 Å². The summed E-state index contributed by atoms with van der Waals surface area (Å²) in [6.07, 6.45) is 11.4. The van der Waals surface area contributed by atoms with Crippen molar-refractivity contribution in [3.05, 3.63) is 53.6 Å². The second kappa shape index (κ2) is 11.1. The number of aromatic carboxylic acids is 1. The third-order valence-corrected chi connectivity index (χ3v) is 15.0. The zero-order chi connectivity index (χ0) is 32.6. The summed E-state index contributed by atoms with van der Waals surface area (Å²) in [5.41, 5.74) is 3.55. The van der Waals surface area contributed by atoms with E-state index in [2.05, 4.69) is 52.6 Å². The van der Waals surface area contributed by atoms with Crippen LogP contribution in [0.5, 0.6) is 0 Å². The first-order chi connectivity index (χ1) is 21.2. The van der Waals surface area contributed by atoms with E-state index in [9.17, 15) is 24.9 Å². The zero-order valence-electron chi connectivity index (χ0n) is 28.1. The number of fused-ring (bicyclic) bond motifs is 7. The molecule has 0 bridgehead atoms. The van der Waals surface area contributed by atoms with Crippen LogP contribution in [0.2, 0.25) is 0 Å². The molecule has 45 heavy (non-hydrogen) atoms. The first kappa shape index (κ1) is 32.5. The van der Waals surface area contributed by atoms with Crippen LogP contribution in [0.3, 0.4) is 0 Å². The molecule has 0 aromatic heterocycles. The second-order valence-electron chi connectivity index (χ2n) is 16.8. The molecule has 6 rings (SSSR count). The Kier molecular flexibility index (Phi) is 8.00. The van der Waals surface area contributed by atoms with Gasteiger partial charge in [-0.15, -0.1) is 0 Å². The van der Waals surface area contributed by atoms with Crippen LogP contribution in [0.4, 0.5) is 0 Å². The van der Waals surface area contributed by atoms with Crippen LogP contribution < -0.4 is 5.32 Å². The number of carbonyl (C=O) groups is 2. The molecule has 4 fully saturated rings. The maximum atomic E-state index is 13.1. The summed E-state index contributed by atoms with van der Waals surface area (Å²) in [6, 6.07) is 7.44. The first-order valence-electron chi connectivity index (χ1n) is 17.4. The number of nitrogens with one attached hydrogen (secondary N) is 1. The summed E-state index contributed by atoms with van der Waals surface area (Å²) in [5.74, 6) is 0.264. The minimum atomic E-state index is -0.892. The maximum Gasteiger partial charge on any atom is 0.335 e. The van der Waals surface area contributed by atoms with E-state index in [4.69, 9.17) is 0 Å². The topological polar surface area (TPSA) is 107 Å². The summed E-state index contributed by atoms with van der Waals surface area (Å²) >= 11 is 0. The lowest BCUT2D eigenvalue weighted by atomic mass is 9.32. The number of rotatable bonds is 8. The molecular formula is C39H55NO5. The lowest BCUT2D eigenvalue weighted by molar-refractivity contribution is -0.227. The maximum absolute atomic E-state index is 13.1. The van der Waals surface area contributed by atoms with E-state index >= 15 is 0 Å². The van der Waals surface area contributed by atoms with Gasteiger partial charge in [-0.25, -0.2) is 4.79 Å². The van der Waals surface area contributed by atoms with Crippen LogP contribution in [-0.4, -0.2) is 47.0 Å². The Labute approximate surface area is 269 Å². The molecule has 5 aliphatic rings. The molecule has 0 heterocycles. The van der Waals surface area contributed by atoms with Crippen molar-refractivity contribution >= 4 is 17.5 Å². The summed E-state index contributed by atoms with van der Waals surface area (Å²) in [7, 11) is 0. The van der Waals surface area contributed by atoms with Gasteiger partial charge in [0.05, 0.1) is 17.6 Å². The Morgan fingerprint density at radius 1 is 0.889 bits per heavy atom. The van der Waals surface area contributed by atoms with E-state index in [0.717, 1.165) is 68.9 Å². The zero-order valence-corrected chi connectivity index (χ0v) is 28.1. The standard InChI is InChI=1S/C39H55NO5/c1-24(23-40-21-22-41)27-13-18-39(34(44)45)20-19-37(5)29(32(27)39)11-12-31-36(4)16-14-28(25-7-9-26(10-8-25)33(42)43)35(2,3)30(36)15-17-38(31,37)6/h7-10,14,27,29-32,40-41H,1,11-13,15-23H2,2-6H3,(H,42,43)(H,44,45)/t27-,29+,30-,31+,32+,36-,37+,38+,39-/m0/s1. The second-order valence-corrected chi connectivity index (χ2v) is 16.8. The van der Waals surface area contributed by atoms with E-state index in [-0.39, 0.29) is 40.1 Å². The van der Waals surface area contributed by atoms with Crippen molar-refractivity contribution in [1.82, 2.24) is 5.32 Å². The van der Waals surface area contributed by atoms with Gasteiger partial charge in [0.2, 0.25) is 0 Å². The van der Waals surface area contributed by atoms with Crippen LogP contribution in [0.15, 0.2) is 42.5 Å². The molecule has 4 saturated carbocycles. The Bertz CT molecular complexity index is 1400. The van der Waals surface area contributed by atoms with Gasteiger partial charge in [0.1, 0.15) is 0 Å². The fourth-order valence-corrected chi connectivity index (χ4v) is 12.8. The molecule has 6 nitrogen and oxygen atoms in total. The van der Waals surface area contributed by atoms with E-state index in [0.29, 0.717) is 36.4 Å². The third kappa shape index (κ3) is 4.55. The number of aliphatic carboxylic acids is 1. The van der Waals surface area contributed by atoms with Gasteiger partial charge in [-0.2, -0.15) is 0 Å². The highest BCUT2D eigenvalue weighted by Crippen LogP contribution is 2.77. The van der Waals surface area contributed by atoms with Gasteiger partial charge >= 0.3 is 11.9 Å². The SMILES string of the molecule is C=C(CNCCO)[C@@H]1CC[C@]2(C(=O)O)CC[C@]3(C)[C@H](CC[C@@H]4[C@@]5(C)CC=C(c6ccc(C(=O)O)cc6)C(C)(C)[C@@H]5CC[C@]43C)[C@@H]12. The molecule has 0 aliphatic heterocycles. The number of carboxylic acid groups (broad SMARTS) is 2. The summed E-state index contributed by atoms with van der Waals surface area (Å²) in [4.78, 5) is 24.6. The molecular weight excluding hydrogens is 562 g/mol. The first-order valence-corrected chi connectivity index (χ1v) is 17.4. The van der Waals surface area contributed by atoms with E-state index in [1.54, 1.807) is 12.1 Å². The summed E-state index contributed by atoms with van der Waals surface area (Å²) in [5, 5.41) is 32.9. The lowest BCUT2D eigenvalue weighted by Gasteiger charge is -2.72. The average molecular weight is 618 g/mol. The minimum Gasteiger partial charge on any atom is -0.481 e. The molecule has 0 radical (unpaired) electrons. The number of aliphatic hydroxyl groups excluding tert-OH is 1. The van der Waals surface area contributed by atoms with Crippen LogP contribution in [0.1, 0.15) is 108 Å². The van der Waals surface area contributed by atoms with Crippen LogP contribution in [-0.2, 0) is 4.79 Å². The monoisotopic (exact) mass is 617 g/mol. The highest BCUT2D eigenvalue weighted by Gasteiger charge is 2.71. The van der Waals surface area contributed by atoms with Gasteiger partial charge < -0.3 is 20.6 Å². The highest BCUT2D eigenvalue weighted by atomic mass is 16.4. The van der Waals surface area contributed by atoms with E-state index in [1.165, 1.54) is 5.57 Å². The Morgan fingerprint density at radius 2 is 1.60 bits per heavy atom. The molecule has 1 aromatic carbocycles. The third-order valence-electron chi connectivity index (χ3n) is 15.0. The van der Waals surface area contributed by atoms with Crippen molar-refractivity contribution in [2.75, 3.05) is 19.7 Å². The predicted octanol–water partition coefficient (Wildman–Crippen LogP) is 7.68. The fraction of sp³-hybridized carbons (Fsp3) is 0.692. The molecule has 0 saturated heterocycles. The van der Waals surface area contributed by atoms with Crippen LogP contribution in [0.25, 0.3) is 5.57 Å². The molecule has 5 aliphatic carbocycles. The largest absolute Gasteiger partial charge is 0.481 e. The number of carboxylic acids is 2. The van der Waals surface area contributed by atoms with Gasteiger partial charge in [0.25, 0.3) is 0 Å². The van der Waals surface area contributed by atoms with Gasteiger partial charge in [-0.1, -0.05) is 65.0 Å². The lowest BCUT2D eigenvalue weighted by Crippen LogP contribution is -2.66. The highest BCUT2D eigenvalue weighted by molar-refractivity contribution is 5.88. The van der Waals surface area contributed by atoms with Crippen molar-refractivity contribution in [2.45, 2.75) is 92.4 Å². The number of aliphatic hydroxyl groups is 1. The molecule has 9 atom stereocenters. The van der Waals surface area contributed by atoms with Gasteiger partial charge in [0, 0.05) is 13.1 Å². The minimum absolute atomic E-state index is 0.0439.